The molecule has 4 aliphatic carbocycles. The van der Waals surface area contributed by atoms with Gasteiger partial charge >= 0.3 is 29.7 Å². The highest BCUT2D eigenvalue weighted by atomic mass is 32.2. The number of ether oxygens (including phenoxy) is 2. The minimum absolute atomic E-state index is 0.0382. The maximum atomic E-state index is 16.8. The minimum atomic E-state index is -6.21. The van der Waals surface area contributed by atoms with Gasteiger partial charge in [-0.2, -0.15) is 26.3 Å². The molecule has 6 aliphatic rings. The van der Waals surface area contributed by atoms with Gasteiger partial charge in [0.05, 0.1) is 20.9 Å². The van der Waals surface area contributed by atoms with Crippen LogP contribution in [0.15, 0.2) is 106 Å². The fourth-order valence-electron chi connectivity index (χ4n) is 12.9. The van der Waals surface area contributed by atoms with E-state index >= 15 is 43.2 Å². The number of sulfone groups is 2. The highest BCUT2D eigenvalue weighted by molar-refractivity contribution is 7.97. The topological polar surface area (TPSA) is 323 Å². The number of rotatable bonds is 8. The lowest BCUT2D eigenvalue weighted by Gasteiger charge is -2.54. The lowest BCUT2D eigenvalue weighted by molar-refractivity contribution is -0.266. The van der Waals surface area contributed by atoms with Gasteiger partial charge in [0.25, 0.3) is 0 Å². The van der Waals surface area contributed by atoms with Crippen molar-refractivity contribution in [2.75, 3.05) is 0 Å². The Hall–Kier alpha value is -5.36. The third-order valence-corrected chi connectivity index (χ3v) is 22.4. The first-order valence-electron chi connectivity index (χ1n) is 24.0. The molecule has 77 heavy (non-hydrogen) atoms. The molecule has 4 aromatic rings. The van der Waals surface area contributed by atoms with Crippen molar-refractivity contribution >= 4 is 31.6 Å². The van der Waals surface area contributed by atoms with Gasteiger partial charge < -0.3 is 60.5 Å². The van der Waals surface area contributed by atoms with Crippen molar-refractivity contribution in [3.8, 4) is 22.3 Å². The van der Waals surface area contributed by atoms with E-state index in [1.807, 2.05) is 0 Å². The molecule has 16 atom stereocenters. The Balaban J connectivity index is 1.05. The average molecular weight is 1130 g/mol. The van der Waals surface area contributed by atoms with Crippen LogP contribution in [-0.4, -0.2) is 180 Å². The summed E-state index contributed by atoms with van der Waals surface area (Å²) >= 11 is 0. The third kappa shape index (κ3) is 6.90. The number of allylic oxidation sites excluding steroid dienone is 2. The van der Waals surface area contributed by atoms with Gasteiger partial charge in [0.2, 0.25) is 0 Å². The molecule has 0 bridgehead atoms. The van der Waals surface area contributed by atoms with Gasteiger partial charge in [-0.3, -0.25) is 0 Å². The number of aliphatic hydroxyl groups is 10. The summed E-state index contributed by atoms with van der Waals surface area (Å²) in [6.07, 6.45) is -25.9. The molecule has 0 radical (unpaired) electrons. The molecule has 0 aromatic heterocycles. The monoisotopic (exact) mass is 1130 g/mol. The normalized spacial score (nSPS) is 37.4. The van der Waals surface area contributed by atoms with E-state index in [9.17, 15) is 60.7 Å². The van der Waals surface area contributed by atoms with Crippen LogP contribution in [-0.2, 0) is 29.1 Å². The van der Waals surface area contributed by atoms with Crippen LogP contribution in [0.3, 0.4) is 0 Å². The molecule has 2 fully saturated rings. The van der Waals surface area contributed by atoms with Crippen LogP contribution in [0.25, 0.3) is 22.3 Å². The molecular formula is C51H48F6O18S2. The molecule has 0 saturated heterocycles. The van der Waals surface area contributed by atoms with Crippen LogP contribution in [0.1, 0.15) is 70.4 Å². The molecule has 4 aromatic carbocycles. The van der Waals surface area contributed by atoms with Gasteiger partial charge in [-0.15, -0.1) is 0 Å². The van der Waals surface area contributed by atoms with Gasteiger partial charge in [-0.25, -0.2) is 26.4 Å². The predicted octanol–water partition coefficient (Wildman–Crippen LogP) is 1.68. The van der Waals surface area contributed by atoms with Crippen LogP contribution in [0.2, 0.25) is 0 Å². The Labute approximate surface area is 432 Å². The van der Waals surface area contributed by atoms with E-state index in [-0.39, 0.29) is 33.4 Å². The van der Waals surface area contributed by atoms with Crippen molar-refractivity contribution in [1.82, 2.24) is 0 Å². The molecule has 0 spiro atoms. The predicted molar refractivity (Wildman–Crippen MR) is 250 cm³/mol. The number of aliphatic hydroxyl groups excluding tert-OH is 10. The SMILES string of the molecule is CCC12C(C3=C(C4c5ccc(-c6ccc(C(=O)O[C@H]7[C@H](O)[C@@H](O)[C@H](O)[C@@H](O)[C@@H]7O)cc6)cc5S(=O)(=O)C41CC)C(F)(F)C(F)(F)C3(F)F)c1ccc(-c3ccc(C(=O)O[C@@H]4[C@H](O)[C@@H](O)[C@H](O)[C@@H](O)[C@@H]4O)cc3)cc1S2(=O)=O. The Morgan fingerprint density at radius 3 is 1.00 bits per heavy atom. The van der Waals surface area contributed by atoms with E-state index < -0.39 is 189 Å². The zero-order valence-electron chi connectivity index (χ0n) is 39.9. The fourth-order valence-corrected chi connectivity index (χ4v) is 19.2. The van der Waals surface area contributed by atoms with Crippen LogP contribution in [0, 0.1) is 0 Å². The number of hydrogen-bond acceptors (Lipinski definition) is 18. The first-order chi connectivity index (χ1) is 35.9. The summed E-state index contributed by atoms with van der Waals surface area (Å²) in [4.78, 5) is 24.6. The molecule has 10 N–H and O–H groups in total. The largest absolute Gasteiger partial charge is 0.453 e. The van der Waals surface area contributed by atoms with Gasteiger partial charge in [-0.05, 0) is 82.6 Å². The van der Waals surface area contributed by atoms with Gasteiger partial charge in [-0.1, -0.05) is 62.4 Å². The summed E-state index contributed by atoms with van der Waals surface area (Å²) in [5.41, 5.74) is -5.63. The van der Waals surface area contributed by atoms with E-state index in [1.165, 1.54) is 24.3 Å². The Bertz CT molecular complexity index is 3130. The standard InChI is InChI=1S/C51H48F6O18S2/c1-3-47-29(25-15-13-23(17-27(25)76(47,70)71)19-5-9-21(10-6-19)45(68)74-43-39(64)35(60)33(58)36(61)40(43)65)31-32(50(54,55)51(56,57)49(31,52)53)30-26-16-14-24(18-28(26)77(72,73)48(30,47)4-2)20-7-11-22(12-8-20)46(69)75-44-41(66)37(62)34(59)38(63)42(44)67/h5-18,29-30,33-44,58-67H,3-4H2,1-2H3/t29?,30?,33-,34-,35-,36+,37-,38+,39+,40-,41+,42-,43-,44+,47?,48?. The Morgan fingerprint density at radius 1 is 0.442 bits per heavy atom. The van der Waals surface area contributed by atoms with Crippen molar-refractivity contribution in [2.45, 2.75) is 149 Å². The van der Waals surface area contributed by atoms with Crippen molar-refractivity contribution < 1.29 is 113 Å². The quantitative estimate of drug-likeness (QED) is 0.0682. The van der Waals surface area contributed by atoms with Crippen LogP contribution >= 0.6 is 0 Å². The second-order valence-electron chi connectivity index (χ2n) is 20.2. The van der Waals surface area contributed by atoms with Gasteiger partial charge in [0, 0.05) is 23.0 Å². The maximum Gasteiger partial charge on any atom is 0.380 e. The first kappa shape index (κ1) is 55.0. The molecule has 2 saturated carbocycles. The number of carbonyl (C=O) groups excluding carboxylic acids is 2. The summed E-state index contributed by atoms with van der Waals surface area (Å²) < 4.78 is 166. The molecule has 2 heterocycles. The number of fused-ring (bicyclic) bond motifs is 9. The van der Waals surface area contributed by atoms with Crippen molar-refractivity contribution in [3.63, 3.8) is 0 Å². The smallest absolute Gasteiger partial charge is 0.380 e. The average Bonchev–Trinajstić information content (AvgIpc) is 3.36. The van der Waals surface area contributed by atoms with E-state index in [1.54, 1.807) is 0 Å². The first-order valence-corrected chi connectivity index (χ1v) is 26.9. The molecule has 0 amide bonds. The zero-order valence-corrected chi connectivity index (χ0v) is 41.5. The minimum Gasteiger partial charge on any atom is -0.453 e. The van der Waals surface area contributed by atoms with Gasteiger partial charge in [0.15, 0.2) is 31.9 Å². The van der Waals surface area contributed by atoms with E-state index in [0.29, 0.717) is 0 Å². The summed E-state index contributed by atoms with van der Waals surface area (Å²) in [5.74, 6) is -25.4. The number of esters is 2. The summed E-state index contributed by atoms with van der Waals surface area (Å²) in [7, 11) is -10.8. The second-order valence-corrected chi connectivity index (χ2v) is 24.6. The van der Waals surface area contributed by atoms with Crippen LogP contribution in [0.5, 0.6) is 0 Å². The Morgan fingerprint density at radius 2 is 0.714 bits per heavy atom. The molecule has 2 aliphatic heterocycles. The summed E-state index contributed by atoms with van der Waals surface area (Å²) in [5, 5.41) is 101. The molecule has 4 unspecified atom stereocenters. The zero-order chi connectivity index (χ0) is 56.4. The summed E-state index contributed by atoms with van der Waals surface area (Å²) in [6, 6.07) is 15.5. The fraction of sp³-hybridized carbons (Fsp3) is 0.451. The van der Waals surface area contributed by atoms with E-state index in [0.717, 1.165) is 74.5 Å². The molecule has 26 heteroatoms. The lowest BCUT2D eigenvalue weighted by Crippen LogP contribution is -2.67. The van der Waals surface area contributed by atoms with Crippen molar-refractivity contribution in [1.29, 1.82) is 0 Å². The highest BCUT2D eigenvalue weighted by Gasteiger charge is 2.90. The number of halogens is 6. The molecule has 414 valence electrons. The molecule has 18 nitrogen and oxygen atoms in total. The Kier molecular flexibility index (Phi) is 12.7. The van der Waals surface area contributed by atoms with Crippen molar-refractivity contribution in [3.05, 3.63) is 118 Å². The van der Waals surface area contributed by atoms with E-state index in [4.69, 9.17) is 9.47 Å². The van der Waals surface area contributed by atoms with Crippen LogP contribution in [0.4, 0.5) is 26.3 Å². The van der Waals surface area contributed by atoms with Crippen molar-refractivity contribution in [2.24, 2.45) is 0 Å². The van der Waals surface area contributed by atoms with E-state index in [2.05, 4.69) is 0 Å². The number of benzene rings is 4. The lowest BCUT2D eigenvalue weighted by atomic mass is 9.58. The summed E-state index contributed by atoms with van der Waals surface area (Å²) in [6.45, 7) is 2.26. The second kappa shape index (κ2) is 17.8. The third-order valence-electron chi connectivity index (χ3n) is 16.8. The number of alkyl halides is 6. The number of hydrogen-bond donors (Lipinski definition) is 10. The molecular weight excluding hydrogens is 1080 g/mol. The number of carbonyl (C=O) groups is 2. The maximum absolute atomic E-state index is 16.8. The van der Waals surface area contributed by atoms with Crippen LogP contribution < -0.4 is 0 Å². The van der Waals surface area contributed by atoms with Gasteiger partial charge in [0.1, 0.15) is 70.5 Å². The molecule has 10 rings (SSSR count). The highest BCUT2D eigenvalue weighted by Crippen LogP contribution is 2.79.